The Labute approximate surface area is 164 Å². The quantitative estimate of drug-likeness (QED) is 0.584. The van der Waals surface area contributed by atoms with Gasteiger partial charge >= 0.3 is 0 Å². The van der Waals surface area contributed by atoms with Gasteiger partial charge in [0, 0.05) is 6.07 Å². The predicted octanol–water partition coefficient (Wildman–Crippen LogP) is 2.18. The van der Waals surface area contributed by atoms with Gasteiger partial charge in [-0.1, -0.05) is 12.1 Å². The minimum atomic E-state index is -3.99. The lowest BCUT2D eigenvalue weighted by Crippen LogP contribution is -2.43. The molecule has 8 nitrogen and oxygen atoms in total. The number of ether oxygens (including phenoxy) is 3. The molecular weight excluding hydrogens is 384 g/mol. The SMILES string of the molecule is CCOc1ccc(S(=O)(=O)NNC(=O)COc2cccc(C)c2)cc1OCC. The third kappa shape index (κ3) is 6.14. The van der Waals surface area contributed by atoms with Crippen LogP contribution in [-0.4, -0.2) is 34.1 Å². The van der Waals surface area contributed by atoms with Crippen molar-refractivity contribution < 1.29 is 27.4 Å². The highest BCUT2D eigenvalue weighted by molar-refractivity contribution is 7.89. The fourth-order valence-corrected chi connectivity index (χ4v) is 3.15. The van der Waals surface area contributed by atoms with Gasteiger partial charge in [0.15, 0.2) is 18.1 Å². The van der Waals surface area contributed by atoms with E-state index in [4.69, 9.17) is 14.2 Å². The van der Waals surface area contributed by atoms with Crippen LogP contribution in [0, 0.1) is 6.92 Å². The van der Waals surface area contributed by atoms with Crippen molar-refractivity contribution in [2.75, 3.05) is 19.8 Å². The van der Waals surface area contributed by atoms with Crippen LogP contribution in [0.4, 0.5) is 0 Å². The molecule has 2 aromatic carbocycles. The molecule has 28 heavy (non-hydrogen) atoms. The van der Waals surface area contributed by atoms with Crippen LogP contribution in [0.5, 0.6) is 17.2 Å². The molecule has 0 aliphatic carbocycles. The van der Waals surface area contributed by atoms with E-state index in [1.54, 1.807) is 25.1 Å². The average Bonchev–Trinajstić information content (AvgIpc) is 2.66. The Bertz CT molecular complexity index is 914. The van der Waals surface area contributed by atoms with Gasteiger partial charge in [0.2, 0.25) is 0 Å². The summed E-state index contributed by atoms with van der Waals surface area (Å²) < 4.78 is 41.0. The normalized spacial score (nSPS) is 11.0. The van der Waals surface area contributed by atoms with Gasteiger partial charge in [-0.05, 0) is 50.6 Å². The smallest absolute Gasteiger partial charge is 0.272 e. The first-order valence-corrected chi connectivity index (χ1v) is 10.2. The Morgan fingerprint density at radius 3 is 2.36 bits per heavy atom. The highest BCUT2D eigenvalue weighted by atomic mass is 32.2. The van der Waals surface area contributed by atoms with Crippen LogP contribution in [0.25, 0.3) is 0 Å². The number of carbonyl (C=O) groups excluding carboxylic acids is 1. The van der Waals surface area contributed by atoms with Gasteiger partial charge < -0.3 is 14.2 Å². The number of sulfonamides is 1. The zero-order valence-electron chi connectivity index (χ0n) is 16.0. The Balaban J connectivity index is 1.98. The van der Waals surface area contributed by atoms with E-state index >= 15 is 0 Å². The van der Waals surface area contributed by atoms with Gasteiger partial charge in [-0.2, -0.15) is 0 Å². The van der Waals surface area contributed by atoms with Gasteiger partial charge in [-0.3, -0.25) is 10.2 Å². The summed E-state index contributed by atoms with van der Waals surface area (Å²) in [5.74, 6) is 0.632. The minimum absolute atomic E-state index is 0.0701. The summed E-state index contributed by atoms with van der Waals surface area (Å²) in [5, 5.41) is 0. The Morgan fingerprint density at radius 1 is 0.964 bits per heavy atom. The number of hydrazine groups is 1. The molecule has 0 aliphatic heterocycles. The largest absolute Gasteiger partial charge is 0.490 e. The molecule has 1 amide bonds. The lowest BCUT2D eigenvalue weighted by Gasteiger charge is -2.13. The predicted molar refractivity (Wildman–Crippen MR) is 104 cm³/mol. The van der Waals surface area contributed by atoms with Gasteiger partial charge in [0.05, 0.1) is 18.1 Å². The van der Waals surface area contributed by atoms with E-state index in [1.807, 2.05) is 24.7 Å². The van der Waals surface area contributed by atoms with E-state index in [1.165, 1.54) is 18.2 Å². The van der Waals surface area contributed by atoms with Gasteiger partial charge in [-0.15, -0.1) is 4.83 Å². The summed E-state index contributed by atoms with van der Waals surface area (Å²) in [7, 11) is -3.99. The first kappa shape index (κ1) is 21.5. The lowest BCUT2D eigenvalue weighted by molar-refractivity contribution is -0.123. The first-order valence-electron chi connectivity index (χ1n) is 8.75. The molecule has 2 aromatic rings. The van der Waals surface area contributed by atoms with Crippen LogP contribution < -0.4 is 24.5 Å². The molecule has 0 saturated heterocycles. The van der Waals surface area contributed by atoms with Crippen molar-refractivity contribution in [2.24, 2.45) is 0 Å². The molecule has 0 aromatic heterocycles. The van der Waals surface area contributed by atoms with Gasteiger partial charge in [-0.25, -0.2) is 8.42 Å². The topological polar surface area (TPSA) is 103 Å². The molecule has 152 valence electrons. The highest BCUT2D eigenvalue weighted by Gasteiger charge is 2.18. The second-order valence-corrected chi connectivity index (χ2v) is 7.42. The molecule has 0 bridgehead atoms. The Hall–Kier alpha value is -2.78. The van der Waals surface area contributed by atoms with Crippen molar-refractivity contribution in [1.29, 1.82) is 0 Å². The molecule has 0 radical (unpaired) electrons. The van der Waals surface area contributed by atoms with Crippen molar-refractivity contribution in [2.45, 2.75) is 25.7 Å². The highest BCUT2D eigenvalue weighted by Crippen LogP contribution is 2.30. The summed E-state index contributed by atoms with van der Waals surface area (Å²) >= 11 is 0. The molecule has 9 heteroatoms. The van der Waals surface area contributed by atoms with E-state index in [0.29, 0.717) is 30.5 Å². The van der Waals surface area contributed by atoms with Crippen molar-refractivity contribution in [3.8, 4) is 17.2 Å². The maximum Gasteiger partial charge on any atom is 0.272 e. The number of carbonyl (C=O) groups is 1. The maximum atomic E-state index is 12.4. The van der Waals surface area contributed by atoms with Crippen LogP contribution in [-0.2, 0) is 14.8 Å². The van der Waals surface area contributed by atoms with Crippen molar-refractivity contribution in [3.63, 3.8) is 0 Å². The number of hydrogen-bond donors (Lipinski definition) is 2. The van der Waals surface area contributed by atoms with Crippen LogP contribution in [0.15, 0.2) is 47.4 Å². The third-order valence-corrected chi connectivity index (χ3v) is 4.75. The van der Waals surface area contributed by atoms with E-state index in [-0.39, 0.29) is 11.5 Å². The van der Waals surface area contributed by atoms with Crippen LogP contribution in [0.2, 0.25) is 0 Å². The fraction of sp³-hybridized carbons (Fsp3) is 0.316. The standard InChI is InChI=1S/C19H24N2O6S/c1-4-25-17-10-9-16(12-18(17)26-5-2)28(23,24)21-20-19(22)13-27-15-8-6-7-14(3)11-15/h6-12,21H,4-5,13H2,1-3H3,(H,20,22). The molecule has 0 atom stereocenters. The molecule has 2 rings (SSSR count). The Morgan fingerprint density at radius 2 is 1.68 bits per heavy atom. The average molecular weight is 408 g/mol. The van der Waals surface area contributed by atoms with Crippen molar-refractivity contribution in [1.82, 2.24) is 10.3 Å². The maximum absolute atomic E-state index is 12.4. The molecule has 2 N–H and O–H groups in total. The van der Waals surface area contributed by atoms with Crippen LogP contribution in [0.1, 0.15) is 19.4 Å². The van der Waals surface area contributed by atoms with Crippen molar-refractivity contribution in [3.05, 3.63) is 48.0 Å². The second-order valence-electron chi connectivity index (χ2n) is 5.73. The first-order chi connectivity index (χ1) is 13.4. The summed E-state index contributed by atoms with van der Waals surface area (Å²) in [5.41, 5.74) is 3.11. The molecule has 0 fully saturated rings. The lowest BCUT2D eigenvalue weighted by atomic mass is 10.2. The number of rotatable bonds is 10. The molecular formula is C19H24N2O6S. The number of nitrogens with one attached hydrogen (secondary N) is 2. The van der Waals surface area contributed by atoms with Crippen LogP contribution in [0.3, 0.4) is 0 Å². The fourth-order valence-electron chi connectivity index (χ4n) is 2.27. The van der Waals surface area contributed by atoms with Crippen molar-refractivity contribution >= 4 is 15.9 Å². The minimum Gasteiger partial charge on any atom is -0.490 e. The van der Waals surface area contributed by atoms with E-state index in [0.717, 1.165) is 5.56 Å². The molecule has 0 saturated carbocycles. The van der Waals surface area contributed by atoms with E-state index in [9.17, 15) is 13.2 Å². The summed E-state index contributed by atoms with van der Waals surface area (Å²) in [6.07, 6.45) is 0. The van der Waals surface area contributed by atoms with E-state index in [2.05, 4.69) is 5.43 Å². The van der Waals surface area contributed by atoms with E-state index < -0.39 is 15.9 Å². The Kier molecular flexibility index (Phi) is 7.65. The molecule has 0 spiro atoms. The number of amides is 1. The number of aryl methyl sites for hydroxylation is 1. The molecule has 0 aliphatic rings. The second kappa shape index (κ2) is 9.95. The van der Waals surface area contributed by atoms with Gasteiger partial charge in [0.25, 0.3) is 15.9 Å². The number of benzene rings is 2. The van der Waals surface area contributed by atoms with Gasteiger partial charge in [0.1, 0.15) is 5.75 Å². The number of hydrogen-bond acceptors (Lipinski definition) is 6. The zero-order chi connectivity index (χ0) is 20.6. The van der Waals surface area contributed by atoms with Crippen LogP contribution >= 0.6 is 0 Å². The monoisotopic (exact) mass is 408 g/mol. The summed E-state index contributed by atoms with van der Waals surface area (Å²) in [6, 6.07) is 11.4. The summed E-state index contributed by atoms with van der Waals surface area (Å²) in [6.45, 7) is 5.93. The summed E-state index contributed by atoms with van der Waals surface area (Å²) in [4.78, 5) is 13.8. The molecule has 0 unspecified atom stereocenters. The molecule has 0 heterocycles. The third-order valence-electron chi connectivity index (χ3n) is 3.51. The zero-order valence-corrected chi connectivity index (χ0v) is 16.8.